The molecule has 0 saturated heterocycles. The molecule has 0 aliphatic heterocycles. The van der Waals surface area contributed by atoms with E-state index >= 15 is 0 Å². The van der Waals surface area contributed by atoms with E-state index in [2.05, 4.69) is 14.9 Å². The minimum absolute atomic E-state index is 0.208. The summed E-state index contributed by atoms with van der Waals surface area (Å²) in [6.07, 6.45) is 1.57. The first-order valence-corrected chi connectivity index (χ1v) is 7.79. The summed E-state index contributed by atoms with van der Waals surface area (Å²) in [7, 11) is 0. The van der Waals surface area contributed by atoms with Gasteiger partial charge in [-0.15, -0.1) is 5.10 Å². The minimum Gasteiger partial charge on any atom is -0.391 e. The molecular formula is C15H19N3O2S. The minimum atomic E-state index is -0.605. The molecule has 0 aliphatic carbocycles. The predicted molar refractivity (Wildman–Crippen MR) is 82.4 cm³/mol. The molecule has 0 bridgehead atoms. The number of rotatable bonds is 7. The number of aliphatic hydroxyl groups excluding tert-OH is 1. The third-order valence-corrected chi connectivity index (χ3v) is 3.83. The zero-order chi connectivity index (χ0) is 15.1. The maximum atomic E-state index is 12.1. The Balaban J connectivity index is 1.84. The normalized spacial score (nSPS) is 12.1. The van der Waals surface area contributed by atoms with E-state index < -0.39 is 6.10 Å². The third kappa shape index (κ3) is 4.61. The predicted octanol–water partition coefficient (Wildman–Crippen LogP) is 1.82. The second-order valence-electron chi connectivity index (χ2n) is 4.85. The highest BCUT2D eigenvalue weighted by Crippen LogP contribution is 2.12. The SMILES string of the molecule is CCCc1nnsc1C(=O)NCC(O)Cc1ccccc1. The van der Waals surface area contributed by atoms with Crippen LogP contribution in [0.4, 0.5) is 0 Å². The van der Waals surface area contributed by atoms with Crippen molar-refractivity contribution in [3.05, 3.63) is 46.5 Å². The number of carbonyl (C=O) groups excluding carboxylic acids is 1. The van der Waals surface area contributed by atoms with E-state index in [0.29, 0.717) is 11.3 Å². The van der Waals surface area contributed by atoms with Crippen LogP contribution >= 0.6 is 11.5 Å². The molecule has 2 aromatic rings. The van der Waals surface area contributed by atoms with Crippen molar-refractivity contribution in [2.24, 2.45) is 0 Å². The van der Waals surface area contributed by atoms with Crippen LogP contribution in [0.25, 0.3) is 0 Å². The maximum Gasteiger partial charge on any atom is 0.265 e. The van der Waals surface area contributed by atoms with Crippen LogP contribution in [0.2, 0.25) is 0 Å². The van der Waals surface area contributed by atoms with Gasteiger partial charge >= 0.3 is 0 Å². The topological polar surface area (TPSA) is 75.1 Å². The number of hydrogen-bond donors (Lipinski definition) is 2. The van der Waals surface area contributed by atoms with Crippen LogP contribution in [-0.2, 0) is 12.8 Å². The molecular weight excluding hydrogens is 286 g/mol. The fraction of sp³-hybridized carbons (Fsp3) is 0.400. The van der Waals surface area contributed by atoms with Gasteiger partial charge in [0.15, 0.2) is 0 Å². The fourth-order valence-corrected chi connectivity index (χ4v) is 2.65. The second kappa shape index (κ2) is 7.85. The van der Waals surface area contributed by atoms with Crippen molar-refractivity contribution in [1.29, 1.82) is 0 Å². The van der Waals surface area contributed by atoms with Crippen molar-refractivity contribution in [1.82, 2.24) is 14.9 Å². The van der Waals surface area contributed by atoms with E-state index in [1.807, 2.05) is 37.3 Å². The Bertz CT molecular complexity index is 571. The Labute approximate surface area is 128 Å². The average Bonchev–Trinajstić information content (AvgIpc) is 2.95. The molecule has 1 unspecified atom stereocenters. The largest absolute Gasteiger partial charge is 0.391 e. The van der Waals surface area contributed by atoms with E-state index in [0.717, 1.165) is 35.6 Å². The Hall–Kier alpha value is -1.79. The number of benzene rings is 1. The van der Waals surface area contributed by atoms with Gasteiger partial charge in [0.1, 0.15) is 4.88 Å². The van der Waals surface area contributed by atoms with Crippen LogP contribution in [0.5, 0.6) is 0 Å². The number of hydrogen-bond acceptors (Lipinski definition) is 5. The van der Waals surface area contributed by atoms with Crippen molar-refractivity contribution < 1.29 is 9.90 Å². The first-order valence-electron chi connectivity index (χ1n) is 7.02. The number of amides is 1. The molecule has 0 aliphatic rings. The number of aryl methyl sites for hydroxylation is 1. The first kappa shape index (κ1) is 15.6. The van der Waals surface area contributed by atoms with Gasteiger partial charge in [-0.05, 0) is 23.5 Å². The van der Waals surface area contributed by atoms with E-state index in [1.165, 1.54) is 0 Å². The van der Waals surface area contributed by atoms with E-state index in [-0.39, 0.29) is 12.5 Å². The molecule has 1 amide bonds. The number of aromatic nitrogens is 2. The lowest BCUT2D eigenvalue weighted by Crippen LogP contribution is -2.33. The number of nitrogens with one attached hydrogen (secondary N) is 1. The van der Waals surface area contributed by atoms with Gasteiger partial charge in [0.25, 0.3) is 5.91 Å². The standard InChI is InChI=1S/C15H19N3O2S/c1-2-6-13-14(21-18-17-13)15(20)16-10-12(19)9-11-7-4-3-5-8-11/h3-5,7-8,12,19H,2,6,9-10H2,1H3,(H,16,20). The van der Waals surface area contributed by atoms with Crippen molar-refractivity contribution >= 4 is 17.4 Å². The summed E-state index contributed by atoms with van der Waals surface area (Å²) >= 11 is 1.10. The lowest BCUT2D eigenvalue weighted by atomic mass is 10.1. The van der Waals surface area contributed by atoms with Crippen molar-refractivity contribution in [3.63, 3.8) is 0 Å². The smallest absolute Gasteiger partial charge is 0.265 e. The monoisotopic (exact) mass is 305 g/mol. The molecule has 1 heterocycles. The lowest BCUT2D eigenvalue weighted by Gasteiger charge is -2.11. The third-order valence-electron chi connectivity index (χ3n) is 3.06. The number of carbonyl (C=O) groups is 1. The molecule has 2 rings (SSSR count). The summed E-state index contributed by atoms with van der Waals surface area (Å²) in [5.41, 5.74) is 1.78. The van der Waals surface area contributed by atoms with Crippen LogP contribution in [0.3, 0.4) is 0 Å². The molecule has 21 heavy (non-hydrogen) atoms. The van der Waals surface area contributed by atoms with Crippen molar-refractivity contribution in [3.8, 4) is 0 Å². The first-order chi connectivity index (χ1) is 10.2. The molecule has 1 atom stereocenters. The van der Waals surface area contributed by atoms with Gasteiger partial charge in [0, 0.05) is 13.0 Å². The summed E-state index contributed by atoms with van der Waals surface area (Å²) in [6.45, 7) is 2.25. The average molecular weight is 305 g/mol. The highest BCUT2D eigenvalue weighted by molar-refractivity contribution is 7.08. The molecule has 0 spiro atoms. The molecule has 0 fully saturated rings. The Kier molecular flexibility index (Phi) is 5.83. The molecule has 2 N–H and O–H groups in total. The van der Waals surface area contributed by atoms with Gasteiger partial charge in [-0.2, -0.15) is 0 Å². The molecule has 0 saturated carbocycles. The zero-order valence-electron chi connectivity index (χ0n) is 12.0. The summed E-state index contributed by atoms with van der Waals surface area (Å²) in [5, 5.41) is 16.7. The maximum absolute atomic E-state index is 12.1. The number of nitrogens with zero attached hydrogens (tertiary/aromatic N) is 2. The van der Waals surface area contributed by atoms with Crippen LogP contribution in [0.15, 0.2) is 30.3 Å². The van der Waals surface area contributed by atoms with Gasteiger partial charge in [0.2, 0.25) is 0 Å². The summed E-state index contributed by atoms with van der Waals surface area (Å²) < 4.78 is 3.83. The molecule has 112 valence electrons. The zero-order valence-corrected chi connectivity index (χ0v) is 12.8. The van der Waals surface area contributed by atoms with Gasteiger partial charge in [-0.25, -0.2) is 0 Å². The van der Waals surface area contributed by atoms with E-state index in [4.69, 9.17) is 0 Å². The summed E-state index contributed by atoms with van der Waals surface area (Å²) in [6, 6.07) is 9.71. The fourth-order valence-electron chi connectivity index (χ4n) is 2.03. The highest BCUT2D eigenvalue weighted by Gasteiger charge is 2.16. The Morgan fingerprint density at radius 3 is 2.86 bits per heavy atom. The van der Waals surface area contributed by atoms with Gasteiger partial charge in [-0.3, -0.25) is 4.79 Å². The second-order valence-corrected chi connectivity index (χ2v) is 5.61. The quantitative estimate of drug-likeness (QED) is 0.818. The van der Waals surface area contributed by atoms with Crippen molar-refractivity contribution in [2.45, 2.75) is 32.3 Å². The van der Waals surface area contributed by atoms with E-state index in [9.17, 15) is 9.90 Å². The molecule has 5 nitrogen and oxygen atoms in total. The van der Waals surface area contributed by atoms with Crippen LogP contribution < -0.4 is 5.32 Å². The van der Waals surface area contributed by atoms with Gasteiger partial charge in [-0.1, -0.05) is 48.2 Å². The molecule has 0 radical (unpaired) electrons. The van der Waals surface area contributed by atoms with Gasteiger partial charge in [0.05, 0.1) is 11.8 Å². The lowest BCUT2D eigenvalue weighted by molar-refractivity contribution is 0.0919. The van der Waals surface area contributed by atoms with Crippen LogP contribution in [0, 0.1) is 0 Å². The summed E-state index contributed by atoms with van der Waals surface area (Å²) in [4.78, 5) is 12.6. The Morgan fingerprint density at radius 1 is 1.38 bits per heavy atom. The van der Waals surface area contributed by atoms with Gasteiger partial charge < -0.3 is 10.4 Å². The molecule has 6 heteroatoms. The molecule has 1 aromatic heterocycles. The van der Waals surface area contributed by atoms with Crippen LogP contribution in [0.1, 0.15) is 34.3 Å². The Morgan fingerprint density at radius 2 is 2.14 bits per heavy atom. The van der Waals surface area contributed by atoms with Crippen LogP contribution in [-0.4, -0.2) is 33.2 Å². The highest BCUT2D eigenvalue weighted by atomic mass is 32.1. The van der Waals surface area contributed by atoms with Crippen molar-refractivity contribution in [2.75, 3.05) is 6.54 Å². The number of aliphatic hydroxyl groups is 1. The summed E-state index contributed by atoms with van der Waals surface area (Å²) in [5.74, 6) is -0.208. The molecule has 1 aromatic carbocycles. The van der Waals surface area contributed by atoms with E-state index in [1.54, 1.807) is 0 Å².